The maximum atomic E-state index is 14.3. The third-order valence-electron chi connectivity index (χ3n) is 6.88. The van der Waals surface area contributed by atoms with E-state index < -0.39 is 67.8 Å². The normalized spacial score (nSPS) is 23.5. The first-order valence-electron chi connectivity index (χ1n) is 13.9. The van der Waals surface area contributed by atoms with Crippen molar-refractivity contribution in [3.05, 3.63) is 111 Å². The predicted octanol–water partition coefficient (Wildman–Crippen LogP) is 2.46. The third-order valence-corrected chi connectivity index (χ3v) is 8.45. The van der Waals surface area contributed by atoms with E-state index in [1.54, 1.807) is 56.3 Å². The monoisotopic (exact) mass is 629 g/mol. The molecule has 13 nitrogen and oxygen atoms in total. The second-order valence-corrected chi connectivity index (χ2v) is 12.3. The van der Waals surface area contributed by atoms with Gasteiger partial charge in [-0.15, -0.1) is 0 Å². The van der Waals surface area contributed by atoms with Crippen LogP contribution in [0.3, 0.4) is 0 Å². The summed E-state index contributed by atoms with van der Waals surface area (Å²) < 4.78 is 38.0. The van der Waals surface area contributed by atoms with Gasteiger partial charge in [0, 0.05) is 12.3 Å². The van der Waals surface area contributed by atoms with Gasteiger partial charge in [0.05, 0.1) is 12.7 Å². The summed E-state index contributed by atoms with van der Waals surface area (Å²) in [5.74, 6) is -0.543. The van der Waals surface area contributed by atoms with Crippen LogP contribution in [0.25, 0.3) is 0 Å². The number of nitrogens with zero attached hydrogens (tertiary/aromatic N) is 1. The Morgan fingerprint density at radius 2 is 1.77 bits per heavy atom. The summed E-state index contributed by atoms with van der Waals surface area (Å²) in [5, 5.41) is 25.4. The molecule has 0 saturated carbocycles. The van der Waals surface area contributed by atoms with Crippen molar-refractivity contribution < 1.29 is 38.1 Å². The van der Waals surface area contributed by atoms with Gasteiger partial charge < -0.3 is 24.2 Å². The predicted molar refractivity (Wildman–Crippen MR) is 160 cm³/mol. The molecule has 1 aliphatic heterocycles. The lowest BCUT2D eigenvalue weighted by atomic mass is 9.87. The molecule has 1 unspecified atom stereocenters. The van der Waals surface area contributed by atoms with Crippen LogP contribution in [0, 0.1) is 0 Å². The minimum atomic E-state index is -4.45. The lowest BCUT2D eigenvalue weighted by molar-refractivity contribution is -0.149. The van der Waals surface area contributed by atoms with E-state index >= 15 is 0 Å². The van der Waals surface area contributed by atoms with Gasteiger partial charge in [0.2, 0.25) is 0 Å². The Hall–Kier alpha value is -3.84. The molecule has 236 valence electrons. The summed E-state index contributed by atoms with van der Waals surface area (Å²) in [6.45, 7) is 7.91. The summed E-state index contributed by atoms with van der Waals surface area (Å²) in [7, 11) is -4.45. The molecular weight excluding hydrogens is 593 g/mol. The number of hydrogen-bond acceptors (Lipinski definition) is 10. The van der Waals surface area contributed by atoms with Gasteiger partial charge >= 0.3 is 19.4 Å². The number of carbonyl (C=O) groups excluding carboxylic acids is 1. The number of aromatic amines is 1. The number of aliphatic hydroxyl groups is 2. The molecule has 0 aliphatic carbocycles. The largest absolute Gasteiger partial charge is 0.462 e. The summed E-state index contributed by atoms with van der Waals surface area (Å²) >= 11 is 0. The fraction of sp³-hybridized carbons (Fsp3) is 0.367. The van der Waals surface area contributed by atoms with Crippen molar-refractivity contribution in [3.8, 4) is 5.75 Å². The van der Waals surface area contributed by atoms with Crippen LogP contribution in [0.4, 0.5) is 0 Å². The summed E-state index contributed by atoms with van der Waals surface area (Å²) in [6.07, 6.45) is -3.90. The zero-order valence-corrected chi connectivity index (χ0v) is 25.4. The van der Waals surface area contributed by atoms with Crippen LogP contribution in [0.15, 0.2) is 94.7 Å². The van der Waals surface area contributed by atoms with Crippen molar-refractivity contribution in [1.29, 1.82) is 0 Å². The topological polar surface area (TPSA) is 178 Å². The molecule has 0 radical (unpaired) electrons. The van der Waals surface area contributed by atoms with Crippen LogP contribution in [0.1, 0.15) is 32.6 Å². The van der Waals surface area contributed by atoms with Crippen molar-refractivity contribution in [1.82, 2.24) is 14.6 Å². The van der Waals surface area contributed by atoms with Crippen LogP contribution in [-0.4, -0.2) is 62.3 Å². The molecule has 0 spiro atoms. The number of ether oxygens (including phenoxy) is 2. The van der Waals surface area contributed by atoms with Crippen LogP contribution < -0.4 is 20.9 Å². The first-order valence-corrected chi connectivity index (χ1v) is 15.4. The van der Waals surface area contributed by atoms with E-state index in [1.165, 1.54) is 19.1 Å². The standard InChI is InChI=1S/C30H36N3O10P/c1-19(2)30(38)26(35)24(42-28(30)33-16-15-25(34)31-29(33)37)18-40-44(39,43-22-13-9-6-10-14-22)32-23(27(36)41-20(3)4)17-21-11-7-5-8-12-21/h5-16,20,23-24,26,28,35,38H,1,17-18H2,2-4H3,(H,32,39)(H,31,34,37)/t23-,24+,26+,28+,30+,44?/m0/s1. The summed E-state index contributed by atoms with van der Waals surface area (Å²) in [4.78, 5) is 39.4. The van der Waals surface area contributed by atoms with Gasteiger partial charge in [-0.3, -0.25) is 23.7 Å². The van der Waals surface area contributed by atoms with Crippen molar-refractivity contribution in [3.63, 3.8) is 0 Å². The molecule has 2 aromatic carbocycles. The maximum absolute atomic E-state index is 14.3. The Balaban J connectivity index is 1.64. The quantitative estimate of drug-likeness (QED) is 0.124. The molecule has 0 amide bonds. The van der Waals surface area contributed by atoms with E-state index in [0.717, 1.165) is 22.4 Å². The number of nitrogens with one attached hydrogen (secondary N) is 2. The average molecular weight is 630 g/mol. The molecule has 2 heterocycles. The number of H-pyrrole nitrogens is 1. The van der Waals surface area contributed by atoms with Crippen LogP contribution in [-0.2, 0) is 29.8 Å². The average Bonchev–Trinajstić information content (AvgIpc) is 3.23. The van der Waals surface area contributed by atoms with Crippen molar-refractivity contribution in [2.24, 2.45) is 0 Å². The number of carbonyl (C=O) groups is 1. The Labute approximate surface area is 253 Å². The first-order chi connectivity index (χ1) is 20.8. The number of para-hydroxylation sites is 1. The van der Waals surface area contributed by atoms with Gasteiger partial charge in [-0.25, -0.2) is 9.36 Å². The number of rotatable bonds is 13. The van der Waals surface area contributed by atoms with Crippen LogP contribution in [0.5, 0.6) is 5.75 Å². The minimum Gasteiger partial charge on any atom is -0.462 e. The molecule has 1 aromatic heterocycles. The maximum Gasteiger partial charge on any atom is 0.459 e. The molecule has 1 aliphatic rings. The number of aliphatic hydroxyl groups excluding tert-OH is 1. The van der Waals surface area contributed by atoms with E-state index in [-0.39, 0.29) is 17.7 Å². The fourth-order valence-electron chi connectivity index (χ4n) is 4.67. The SMILES string of the molecule is C=C(C)[C@@]1(O)[C@H](O)[C@@H](COP(=O)(N[C@@H](Cc2ccccc2)C(=O)OC(C)C)Oc2ccccc2)O[C@H]1n1ccc(=O)[nH]c1=O. The van der Waals surface area contributed by atoms with Gasteiger partial charge in [-0.1, -0.05) is 55.1 Å². The van der Waals surface area contributed by atoms with E-state index in [2.05, 4.69) is 16.7 Å². The molecule has 14 heteroatoms. The Morgan fingerprint density at radius 1 is 1.14 bits per heavy atom. The van der Waals surface area contributed by atoms with Crippen molar-refractivity contribution in [2.75, 3.05) is 6.61 Å². The van der Waals surface area contributed by atoms with Gasteiger partial charge in [0.15, 0.2) is 11.8 Å². The lowest BCUT2D eigenvalue weighted by Gasteiger charge is -2.32. The number of esters is 1. The molecule has 3 aromatic rings. The van der Waals surface area contributed by atoms with E-state index in [9.17, 15) is 29.2 Å². The van der Waals surface area contributed by atoms with Gasteiger partial charge in [0.25, 0.3) is 5.56 Å². The molecule has 44 heavy (non-hydrogen) atoms. The highest BCUT2D eigenvalue weighted by atomic mass is 31.2. The molecule has 1 fully saturated rings. The highest BCUT2D eigenvalue weighted by Crippen LogP contribution is 2.48. The van der Waals surface area contributed by atoms with Crippen LogP contribution in [0.2, 0.25) is 0 Å². The molecular formula is C30H36N3O10P. The first kappa shape index (κ1) is 33.1. The van der Waals surface area contributed by atoms with Gasteiger partial charge in [-0.2, -0.15) is 5.09 Å². The Kier molecular flexibility index (Phi) is 10.4. The third kappa shape index (κ3) is 7.62. The summed E-state index contributed by atoms with van der Waals surface area (Å²) in [5.41, 5.74) is -2.98. The molecule has 6 atom stereocenters. The summed E-state index contributed by atoms with van der Waals surface area (Å²) in [6, 6.07) is 17.0. The van der Waals surface area contributed by atoms with E-state index in [0.29, 0.717) is 0 Å². The van der Waals surface area contributed by atoms with Crippen LogP contribution >= 0.6 is 7.75 Å². The minimum absolute atomic E-state index is 0.0526. The Bertz CT molecular complexity index is 1610. The second-order valence-electron chi connectivity index (χ2n) is 10.6. The number of benzene rings is 2. The molecule has 1 saturated heterocycles. The number of hydrogen-bond donors (Lipinski definition) is 4. The Morgan fingerprint density at radius 3 is 2.36 bits per heavy atom. The van der Waals surface area contributed by atoms with Gasteiger partial charge in [0.1, 0.15) is 24.0 Å². The number of aromatic nitrogens is 2. The highest BCUT2D eigenvalue weighted by molar-refractivity contribution is 7.52. The van der Waals surface area contributed by atoms with Gasteiger partial charge in [-0.05, 0) is 50.5 Å². The molecule has 4 N–H and O–H groups in total. The van der Waals surface area contributed by atoms with E-state index in [4.69, 9.17) is 18.5 Å². The second kappa shape index (κ2) is 13.9. The lowest BCUT2D eigenvalue weighted by Crippen LogP contribution is -2.50. The van der Waals surface area contributed by atoms with Crippen molar-refractivity contribution in [2.45, 2.75) is 63.4 Å². The zero-order chi connectivity index (χ0) is 32.1. The molecule has 4 rings (SSSR count). The zero-order valence-electron chi connectivity index (χ0n) is 24.5. The van der Waals surface area contributed by atoms with E-state index in [1.807, 2.05) is 6.07 Å². The molecule has 0 bridgehead atoms. The van der Waals surface area contributed by atoms with Crippen molar-refractivity contribution >= 4 is 13.7 Å². The highest BCUT2D eigenvalue weighted by Gasteiger charge is 2.57. The fourth-order valence-corrected chi connectivity index (χ4v) is 6.18. The smallest absolute Gasteiger partial charge is 0.459 e.